The van der Waals surface area contributed by atoms with Crippen molar-refractivity contribution >= 4 is 27.0 Å². The van der Waals surface area contributed by atoms with Crippen molar-refractivity contribution in [2.75, 3.05) is 5.73 Å². The van der Waals surface area contributed by atoms with Crippen molar-refractivity contribution < 1.29 is 8.42 Å². The predicted molar refractivity (Wildman–Crippen MR) is 77.1 cm³/mol. The third-order valence-electron chi connectivity index (χ3n) is 2.51. The molecule has 0 fully saturated rings. The van der Waals surface area contributed by atoms with Gasteiger partial charge in [-0.3, -0.25) is 0 Å². The van der Waals surface area contributed by atoms with E-state index >= 15 is 0 Å². The quantitative estimate of drug-likeness (QED) is 0.826. The van der Waals surface area contributed by atoms with Crippen LogP contribution in [-0.2, 0) is 15.8 Å². The minimum absolute atomic E-state index is 0.0665. The Bertz CT molecular complexity index is 622. The number of nitrogen functional groups attached to an aromatic ring is 1. The van der Waals surface area contributed by atoms with Gasteiger partial charge in [0.2, 0.25) is 10.0 Å². The highest BCUT2D eigenvalue weighted by Crippen LogP contribution is 2.17. The number of thiazole rings is 1. The number of hydrogen-bond donors (Lipinski definition) is 2. The van der Waals surface area contributed by atoms with Gasteiger partial charge in [0.25, 0.3) is 0 Å². The molecule has 5 nitrogen and oxygen atoms in total. The summed E-state index contributed by atoms with van der Waals surface area (Å²) >= 11 is 1.43. The predicted octanol–water partition coefficient (Wildman–Crippen LogP) is 1.91. The summed E-state index contributed by atoms with van der Waals surface area (Å²) in [6.45, 7) is 1.78. The Balaban J connectivity index is 2.04. The first-order chi connectivity index (χ1) is 8.96. The molecule has 2 aromatic rings. The van der Waals surface area contributed by atoms with Gasteiger partial charge in [-0.25, -0.2) is 18.1 Å². The fraction of sp³-hybridized carbons (Fsp3) is 0.250. The van der Waals surface area contributed by atoms with Crippen LogP contribution in [0.3, 0.4) is 0 Å². The highest BCUT2D eigenvalue weighted by Gasteiger charge is 2.17. The van der Waals surface area contributed by atoms with Gasteiger partial charge in [0.1, 0.15) is 5.01 Å². The minimum atomic E-state index is -3.40. The van der Waals surface area contributed by atoms with Gasteiger partial charge in [-0.2, -0.15) is 0 Å². The van der Waals surface area contributed by atoms with Crippen molar-refractivity contribution in [3.63, 3.8) is 0 Å². The zero-order valence-electron chi connectivity index (χ0n) is 10.4. The van der Waals surface area contributed by atoms with E-state index in [1.54, 1.807) is 37.4 Å². The first-order valence-corrected chi connectivity index (χ1v) is 8.23. The van der Waals surface area contributed by atoms with Gasteiger partial charge in [0.15, 0.2) is 0 Å². The van der Waals surface area contributed by atoms with Crippen molar-refractivity contribution in [1.82, 2.24) is 9.71 Å². The van der Waals surface area contributed by atoms with Crippen LogP contribution in [0.15, 0.2) is 35.8 Å². The first kappa shape index (κ1) is 14.0. The second kappa shape index (κ2) is 5.68. The Morgan fingerprint density at radius 3 is 2.63 bits per heavy atom. The molecule has 0 aliphatic heterocycles. The summed E-state index contributed by atoms with van der Waals surface area (Å²) in [6.07, 6.45) is 1.66. The average Bonchev–Trinajstić information content (AvgIpc) is 2.85. The molecule has 1 aromatic carbocycles. The number of aromatic nitrogens is 1. The largest absolute Gasteiger partial charge is 0.399 e. The normalized spacial score (nSPS) is 13.3. The van der Waals surface area contributed by atoms with E-state index in [0.29, 0.717) is 11.3 Å². The Kier molecular flexibility index (Phi) is 4.18. The Morgan fingerprint density at radius 2 is 2.05 bits per heavy atom. The van der Waals surface area contributed by atoms with E-state index in [-0.39, 0.29) is 11.8 Å². The number of benzene rings is 1. The van der Waals surface area contributed by atoms with E-state index in [4.69, 9.17) is 5.73 Å². The molecule has 1 unspecified atom stereocenters. The third kappa shape index (κ3) is 4.02. The second-order valence-corrected chi connectivity index (χ2v) is 6.89. The third-order valence-corrected chi connectivity index (χ3v) is 4.90. The molecule has 102 valence electrons. The van der Waals surface area contributed by atoms with Crippen LogP contribution < -0.4 is 10.5 Å². The lowest BCUT2D eigenvalue weighted by molar-refractivity contribution is 0.565. The van der Waals surface area contributed by atoms with Crippen LogP contribution in [0.2, 0.25) is 0 Å². The molecule has 0 saturated carbocycles. The molecule has 0 aliphatic carbocycles. The summed E-state index contributed by atoms with van der Waals surface area (Å²) < 4.78 is 26.7. The molecule has 0 radical (unpaired) electrons. The fourth-order valence-corrected chi connectivity index (χ4v) is 3.73. The maximum atomic E-state index is 12.0. The van der Waals surface area contributed by atoms with E-state index in [0.717, 1.165) is 5.01 Å². The molecule has 0 aliphatic rings. The van der Waals surface area contributed by atoms with Gasteiger partial charge >= 0.3 is 0 Å². The molecule has 0 amide bonds. The number of rotatable bonds is 5. The fourth-order valence-electron chi connectivity index (χ4n) is 1.64. The molecule has 3 N–H and O–H groups in total. The number of anilines is 1. The Labute approximate surface area is 116 Å². The molecule has 0 spiro atoms. The number of nitrogens with zero attached hydrogens (tertiary/aromatic N) is 1. The van der Waals surface area contributed by atoms with Gasteiger partial charge < -0.3 is 5.73 Å². The van der Waals surface area contributed by atoms with Crippen LogP contribution in [0.5, 0.6) is 0 Å². The summed E-state index contributed by atoms with van der Waals surface area (Å²) in [5.41, 5.74) is 6.88. The van der Waals surface area contributed by atoms with Crippen LogP contribution in [-0.4, -0.2) is 13.4 Å². The van der Waals surface area contributed by atoms with Crippen LogP contribution in [0.4, 0.5) is 5.69 Å². The monoisotopic (exact) mass is 297 g/mol. The maximum absolute atomic E-state index is 12.0. The van der Waals surface area contributed by atoms with Crippen LogP contribution in [0.25, 0.3) is 0 Å². The van der Waals surface area contributed by atoms with Gasteiger partial charge in [-0.05, 0) is 24.6 Å². The zero-order chi connectivity index (χ0) is 13.9. The summed E-state index contributed by atoms with van der Waals surface area (Å²) in [7, 11) is -3.40. The standard InChI is InChI=1S/C12H15N3O2S2/c1-9(12-14-6-7-18-12)15-19(16,17)8-10-2-4-11(13)5-3-10/h2-7,9,15H,8,13H2,1H3. The SMILES string of the molecule is CC(NS(=O)(=O)Cc1ccc(N)cc1)c1nccs1. The van der Waals surface area contributed by atoms with E-state index in [1.807, 2.05) is 5.38 Å². The van der Waals surface area contributed by atoms with E-state index in [2.05, 4.69) is 9.71 Å². The lowest BCUT2D eigenvalue weighted by Crippen LogP contribution is -2.28. The Hall–Kier alpha value is -1.44. The van der Waals surface area contributed by atoms with Crippen molar-refractivity contribution in [2.45, 2.75) is 18.7 Å². The number of hydrogen-bond acceptors (Lipinski definition) is 5. The van der Waals surface area contributed by atoms with Crippen LogP contribution in [0, 0.1) is 0 Å². The topological polar surface area (TPSA) is 85.1 Å². The average molecular weight is 297 g/mol. The maximum Gasteiger partial charge on any atom is 0.216 e. The van der Waals surface area contributed by atoms with Crippen LogP contribution >= 0.6 is 11.3 Å². The molecule has 1 heterocycles. The molecular formula is C12H15N3O2S2. The van der Waals surface area contributed by atoms with Crippen molar-refractivity contribution in [3.05, 3.63) is 46.4 Å². The van der Waals surface area contributed by atoms with Crippen molar-refractivity contribution in [3.8, 4) is 0 Å². The lowest BCUT2D eigenvalue weighted by atomic mass is 10.2. The second-order valence-electron chi connectivity index (χ2n) is 4.21. The molecule has 7 heteroatoms. The first-order valence-electron chi connectivity index (χ1n) is 5.70. The summed E-state index contributed by atoms with van der Waals surface area (Å²) in [6, 6.07) is 6.48. The van der Waals surface area contributed by atoms with Crippen molar-refractivity contribution in [1.29, 1.82) is 0 Å². The summed E-state index contributed by atoms with van der Waals surface area (Å²) in [4.78, 5) is 4.09. The molecule has 1 atom stereocenters. The number of nitrogens with one attached hydrogen (secondary N) is 1. The van der Waals surface area contributed by atoms with Gasteiger partial charge in [0, 0.05) is 17.3 Å². The van der Waals surface area contributed by atoms with Crippen molar-refractivity contribution in [2.24, 2.45) is 0 Å². The highest BCUT2D eigenvalue weighted by atomic mass is 32.2. The van der Waals surface area contributed by atoms with E-state index in [1.165, 1.54) is 11.3 Å². The molecule has 0 saturated heterocycles. The summed E-state index contributed by atoms with van der Waals surface area (Å²) in [5, 5.41) is 2.57. The summed E-state index contributed by atoms with van der Waals surface area (Å²) in [5.74, 6) is -0.0665. The molecule has 2 rings (SSSR count). The zero-order valence-corrected chi connectivity index (χ0v) is 12.0. The molecule has 0 bridgehead atoms. The number of sulfonamides is 1. The minimum Gasteiger partial charge on any atom is -0.399 e. The molecule has 19 heavy (non-hydrogen) atoms. The van der Waals surface area contributed by atoms with Crippen LogP contribution in [0.1, 0.15) is 23.5 Å². The Morgan fingerprint density at radius 1 is 1.37 bits per heavy atom. The van der Waals surface area contributed by atoms with E-state index < -0.39 is 10.0 Å². The number of nitrogens with two attached hydrogens (primary N) is 1. The lowest BCUT2D eigenvalue weighted by Gasteiger charge is -2.12. The van der Waals surface area contributed by atoms with Gasteiger partial charge in [-0.15, -0.1) is 11.3 Å². The molecular weight excluding hydrogens is 282 g/mol. The highest BCUT2D eigenvalue weighted by molar-refractivity contribution is 7.88. The van der Waals surface area contributed by atoms with E-state index in [9.17, 15) is 8.42 Å². The van der Waals surface area contributed by atoms with Gasteiger partial charge in [-0.1, -0.05) is 12.1 Å². The smallest absolute Gasteiger partial charge is 0.216 e. The van der Waals surface area contributed by atoms with Gasteiger partial charge in [0.05, 0.1) is 11.8 Å². The molecule has 1 aromatic heterocycles.